The second kappa shape index (κ2) is 23.5. The molecule has 17 nitrogen and oxygen atoms in total. The van der Waals surface area contributed by atoms with E-state index in [-0.39, 0.29) is 51.8 Å². The lowest BCUT2D eigenvalue weighted by molar-refractivity contribution is -0.216. The van der Waals surface area contributed by atoms with E-state index in [1.54, 1.807) is 6.08 Å². The molecule has 272 valence electrons. The van der Waals surface area contributed by atoms with Crippen LogP contribution in [0.2, 0.25) is 0 Å². The number of amides is 3. The van der Waals surface area contributed by atoms with Gasteiger partial charge in [-0.05, 0) is 6.42 Å². The number of ketones is 2. The van der Waals surface area contributed by atoms with Crippen molar-refractivity contribution in [3.8, 4) is 0 Å². The van der Waals surface area contributed by atoms with Crippen molar-refractivity contribution in [1.29, 1.82) is 0 Å². The smallest absolute Gasteiger partial charge is 0.303 e. The Labute approximate surface area is 280 Å². The van der Waals surface area contributed by atoms with E-state index in [0.29, 0.717) is 33.0 Å². The average molecular weight is 688 g/mol. The maximum atomic E-state index is 12.8. The first-order valence-corrected chi connectivity index (χ1v) is 15.5. The lowest BCUT2D eigenvalue weighted by atomic mass is 9.88. The summed E-state index contributed by atoms with van der Waals surface area (Å²) in [4.78, 5) is 86.4. The summed E-state index contributed by atoms with van der Waals surface area (Å²) in [6.07, 6.45) is -3.81. The summed E-state index contributed by atoms with van der Waals surface area (Å²) >= 11 is 0. The lowest BCUT2D eigenvalue weighted by Gasteiger charge is -2.45. The third-order valence-corrected chi connectivity index (χ3v) is 6.66. The number of Topliss-reactive ketones (excluding diaryl/α,β-unsaturated/α-hetero) is 2. The van der Waals surface area contributed by atoms with E-state index in [1.807, 2.05) is 0 Å². The highest BCUT2D eigenvalue weighted by molar-refractivity contribution is 6.38. The molecule has 0 aromatic heterocycles. The molecule has 5 atom stereocenters. The number of ether oxygens (including phenoxy) is 7. The van der Waals surface area contributed by atoms with Crippen LogP contribution in [0.15, 0.2) is 12.7 Å². The van der Waals surface area contributed by atoms with E-state index in [4.69, 9.17) is 33.2 Å². The maximum Gasteiger partial charge on any atom is 0.303 e. The molecule has 3 amide bonds. The second-order valence-electron chi connectivity index (χ2n) is 10.7. The molecule has 1 aliphatic rings. The van der Waals surface area contributed by atoms with Gasteiger partial charge < -0.3 is 48.7 Å². The van der Waals surface area contributed by atoms with Crippen molar-refractivity contribution in [2.75, 3.05) is 72.5 Å². The Morgan fingerprint density at radius 1 is 0.771 bits per heavy atom. The van der Waals surface area contributed by atoms with Gasteiger partial charge in [0.25, 0.3) is 0 Å². The van der Waals surface area contributed by atoms with Crippen molar-refractivity contribution in [2.45, 2.75) is 71.5 Å². The molecule has 0 bridgehead atoms. The minimum atomic E-state index is -1.61. The number of carbonyl (C=O) groups is 7. The summed E-state index contributed by atoms with van der Waals surface area (Å²) in [5.41, 5.74) is 0. The van der Waals surface area contributed by atoms with E-state index in [0.717, 1.165) is 20.8 Å². The predicted molar refractivity (Wildman–Crippen MR) is 166 cm³/mol. The molecule has 5 unspecified atom stereocenters. The summed E-state index contributed by atoms with van der Waals surface area (Å²) in [7, 11) is 0. The Balaban J connectivity index is 2.66. The van der Waals surface area contributed by atoms with Crippen molar-refractivity contribution in [2.24, 2.45) is 0 Å². The van der Waals surface area contributed by atoms with Crippen molar-refractivity contribution < 1.29 is 66.7 Å². The highest BCUT2D eigenvalue weighted by atomic mass is 16.6. The van der Waals surface area contributed by atoms with E-state index in [2.05, 4.69) is 17.2 Å². The molecule has 0 aliphatic carbocycles. The first-order chi connectivity index (χ1) is 22.8. The van der Waals surface area contributed by atoms with Gasteiger partial charge in [-0.2, -0.15) is 0 Å². The summed E-state index contributed by atoms with van der Waals surface area (Å²) in [5.74, 6) is -4.77. The number of nitrogens with zero attached hydrogens (tertiary/aromatic N) is 1. The average Bonchev–Trinajstić information content (AvgIpc) is 3.00. The van der Waals surface area contributed by atoms with Gasteiger partial charge in [0.2, 0.25) is 23.5 Å². The Morgan fingerprint density at radius 2 is 1.35 bits per heavy atom. The molecule has 17 heteroatoms. The number of nitrogens with one attached hydrogen (secondary N) is 2. The summed E-state index contributed by atoms with van der Waals surface area (Å²) in [6.45, 7) is 11.7. The predicted octanol–water partition coefficient (Wildman–Crippen LogP) is -1.11. The monoisotopic (exact) mass is 687 g/mol. The molecular formula is C31H49N3O14. The Hall–Kier alpha value is -3.77. The first kappa shape index (κ1) is 42.3. The third-order valence-electron chi connectivity index (χ3n) is 6.66. The van der Waals surface area contributed by atoms with Crippen molar-refractivity contribution in [1.82, 2.24) is 15.5 Å². The molecule has 1 saturated heterocycles. The molecule has 0 radical (unpaired) electrons. The van der Waals surface area contributed by atoms with E-state index in [9.17, 15) is 33.6 Å². The maximum absolute atomic E-state index is 12.8. The van der Waals surface area contributed by atoms with Crippen LogP contribution >= 0.6 is 0 Å². The number of carbonyl (C=O) groups excluding carboxylic acids is 7. The van der Waals surface area contributed by atoms with Gasteiger partial charge in [0.1, 0.15) is 0 Å². The zero-order valence-electron chi connectivity index (χ0n) is 28.3. The molecule has 0 aromatic rings. The quantitative estimate of drug-likeness (QED) is 0.0533. The standard InChI is InChI=1S/C31H49N3O14/c1-7-11-42-15-17-45-18-16-44-13-9-32-26(40)19-34(22(4)37)10-14-43-12-8-25-27(33-21(3)36)29(46-23(5)38)31(47-24(6)39)30(48-25)28(41)20(2)35/h7,25,27,29-31H,1,8-19H2,2-6H3,(H,32,40)(H,33,36). The third kappa shape index (κ3) is 16.9. The Morgan fingerprint density at radius 3 is 1.92 bits per heavy atom. The van der Waals surface area contributed by atoms with Crippen LogP contribution in [0, 0.1) is 0 Å². The van der Waals surface area contributed by atoms with Gasteiger partial charge in [0, 0.05) is 54.3 Å². The van der Waals surface area contributed by atoms with Crippen LogP contribution in [0.25, 0.3) is 0 Å². The number of hydrogen-bond acceptors (Lipinski definition) is 14. The van der Waals surface area contributed by atoms with Crippen LogP contribution in [0.4, 0.5) is 0 Å². The van der Waals surface area contributed by atoms with Gasteiger partial charge in [0.05, 0.1) is 64.9 Å². The van der Waals surface area contributed by atoms with Crippen molar-refractivity contribution in [3.63, 3.8) is 0 Å². The minimum Gasteiger partial charge on any atom is -0.456 e. The van der Waals surface area contributed by atoms with Gasteiger partial charge in [-0.15, -0.1) is 6.58 Å². The largest absolute Gasteiger partial charge is 0.456 e. The van der Waals surface area contributed by atoms with Crippen LogP contribution in [0.3, 0.4) is 0 Å². The molecule has 1 rings (SSSR count). The fraction of sp³-hybridized carbons (Fsp3) is 0.710. The van der Waals surface area contributed by atoms with Gasteiger partial charge in [-0.25, -0.2) is 0 Å². The van der Waals surface area contributed by atoms with Crippen LogP contribution in [0.1, 0.15) is 41.0 Å². The number of rotatable bonds is 24. The minimum absolute atomic E-state index is 0.0192. The topological polar surface area (TPSA) is 211 Å². The fourth-order valence-electron chi connectivity index (χ4n) is 4.58. The van der Waals surface area contributed by atoms with Gasteiger partial charge >= 0.3 is 11.9 Å². The summed E-state index contributed by atoms with van der Waals surface area (Å²) < 4.78 is 38.1. The molecule has 0 aromatic carbocycles. The highest BCUT2D eigenvalue weighted by Crippen LogP contribution is 2.29. The number of hydrogen-bond donors (Lipinski definition) is 2. The highest BCUT2D eigenvalue weighted by Gasteiger charge is 2.53. The van der Waals surface area contributed by atoms with Crippen LogP contribution < -0.4 is 10.6 Å². The van der Waals surface area contributed by atoms with E-state index >= 15 is 0 Å². The normalized spacial score (nSPS) is 20.2. The molecule has 1 heterocycles. The molecule has 2 N–H and O–H groups in total. The van der Waals surface area contributed by atoms with E-state index in [1.165, 1.54) is 18.7 Å². The molecular weight excluding hydrogens is 638 g/mol. The van der Waals surface area contributed by atoms with Gasteiger partial charge in [0.15, 0.2) is 24.1 Å². The van der Waals surface area contributed by atoms with Crippen molar-refractivity contribution >= 4 is 41.2 Å². The molecule has 0 saturated carbocycles. The second-order valence-corrected chi connectivity index (χ2v) is 10.7. The molecule has 1 fully saturated rings. The SMILES string of the molecule is C=CCOCCOCCOCCNC(=O)CN(CCOCCC1OC(C(=O)C(C)=O)C(OC(C)=O)C(OC(C)=O)C1NC(C)=O)C(C)=O. The lowest BCUT2D eigenvalue weighted by Crippen LogP contribution is -2.67. The van der Waals surface area contributed by atoms with Crippen LogP contribution in [-0.2, 0) is 66.7 Å². The Kier molecular flexibility index (Phi) is 20.7. The zero-order valence-corrected chi connectivity index (χ0v) is 28.3. The first-order valence-electron chi connectivity index (χ1n) is 15.5. The Bertz CT molecular complexity index is 1100. The number of esters is 2. The van der Waals surface area contributed by atoms with Crippen LogP contribution in [0.5, 0.6) is 0 Å². The zero-order chi connectivity index (χ0) is 36.1. The van der Waals surface area contributed by atoms with Crippen LogP contribution in [-0.4, -0.2) is 149 Å². The summed E-state index contributed by atoms with van der Waals surface area (Å²) in [5, 5.41) is 5.29. The fourth-order valence-corrected chi connectivity index (χ4v) is 4.58. The van der Waals surface area contributed by atoms with Crippen molar-refractivity contribution in [3.05, 3.63) is 12.7 Å². The molecule has 0 spiro atoms. The summed E-state index contributed by atoms with van der Waals surface area (Å²) in [6, 6.07) is -1.08. The molecule has 48 heavy (non-hydrogen) atoms. The van der Waals surface area contributed by atoms with E-state index < -0.39 is 65.8 Å². The van der Waals surface area contributed by atoms with Gasteiger partial charge in [-0.1, -0.05) is 6.08 Å². The van der Waals surface area contributed by atoms with Gasteiger partial charge in [-0.3, -0.25) is 33.6 Å². The molecule has 1 aliphatic heterocycles.